The number of aliphatic hydroxyl groups excluding tert-OH is 1. The van der Waals surface area contributed by atoms with Gasteiger partial charge in [-0.25, -0.2) is 13.8 Å². The van der Waals surface area contributed by atoms with Crippen LogP contribution in [0.2, 0.25) is 0 Å². The maximum Gasteiger partial charge on any atom is 0.220 e. The van der Waals surface area contributed by atoms with Crippen LogP contribution in [-0.2, 0) is 11.3 Å². The van der Waals surface area contributed by atoms with Crippen LogP contribution in [0.3, 0.4) is 0 Å². The number of halogens is 2. The molecule has 0 radical (unpaired) electrons. The summed E-state index contributed by atoms with van der Waals surface area (Å²) in [6.45, 7) is 4.18. The van der Waals surface area contributed by atoms with Crippen molar-refractivity contribution < 1.29 is 18.7 Å². The van der Waals surface area contributed by atoms with Crippen molar-refractivity contribution in [3.8, 4) is 0 Å². The van der Waals surface area contributed by atoms with Crippen LogP contribution in [0.5, 0.6) is 0 Å². The van der Waals surface area contributed by atoms with Crippen molar-refractivity contribution in [2.75, 3.05) is 0 Å². The molecule has 1 aromatic heterocycles. The summed E-state index contributed by atoms with van der Waals surface area (Å²) < 4.78 is 28.1. The molecule has 1 amide bonds. The summed E-state index contributed by atoms with van der Waals surface area (Å²) in [6, 6.07) is 2.57. The van der Waals surface area contributed by atoms with Gasteiger partial charge in [0.1, 0.15) is 5.82 Å². The number of imidazole rings is 1. The van der Waals surface area contributed by atoms with Crippen LogP contribution >= 0.6 is 0 Å². The molecule has 0 aliphatic heterocycles. The second-order valence-corrected chi connectivity index (χ2v) is 5.75. The summed E-state index contributed by atoms with van der Waals surface area (Å²) in [5.74, 6) is -1.32. The molecular formula is C17H21F2N3O2. The monoisotopic (exact) mass is 337 g/mol. The molecular weight excluding hydrogens is 316 g/mol. The van der Waals surface area contributed by atoms with Crippen molar-refractivity contribution >= 4 is 5.91 Å². The van der Waals surface area contributed by atoms with Crippen LogP contribution < -0.4 is 5.32 Å². The van der Waals surface area contributed by atoms with E-state index >= 15 is 0 Å². The predicted octanol–water partition coefficient (Wildman–Crippen LogP) is 2.49. The summed E-state index contributed by atoms with van der Waals surface area (Å²) in [5.41, 5.74) is 0.218. The Morgan fingerprint density at radius 3 is 2.75 bits per heavy atom. The van der Waals surface area contributed by atoms with Crippen LogP contribution in [0.4, 0.5) is 8.78 Å². The number of amides is 1. The predicted molar refractivity (Wildman–Crippen MR) is 85.1 cm³/mol. The van der Waals surface area contributed by atoms with Crippen molar-refractivity contribution in [3.63, 3.8) is 0 Å². The number of aliphatic hydroxyl groups is 1. The van der Waals surface area contributed by atoms with E-state index in [9.17, 15) is 18.7 Å². The number of aryl methyl sites for hydroxylation is 2. The van der Waals surface area contributed by atoms with Gasteiger partial charge in [0, 0.05) is 25.4 Å². The molecule has 7 heteroatoms. The molecule has 130 valence electrons. The molecule has 1 heterocycles. The Hall–Kier alpha value is -2.28. The van der Waals surface area contributed by atoms with Crippen molar-refractivity contribution in [2.24, 2.45) is 0 Å². The van der Waals surface area contributed by atoms with Crippen molar-refractivity contribution in [1.82, 2.24) is 14.9 Å². The van der Waals surface area contributed by atoms with E-state index in [1.54, 1.807) is 13.1 Å². The second kappa shape index (κ2) is 8.01. The summed E-state index contributed by atoms with van der Waals surface area (Å²) in [6.07, 6.45) is 3.38. The molecule has 2 unspecified atom stereocenters. The molecule has 24 heavy (non-hydrogen) atoms. The zero-order valence-corrected chi connectivity index (χ0v) is 13.7. The van der Waals surface area contributed by atoms with Crippen molar-refractivity contribution in [3.05, 3.63) is 53.6 Å². The Kier molecular flexibility index (Phi) is 6.03. The van der Waals surface area contributed by atoms with E-state index in [1.165, 1.54) is 6.07 Å². The number of aromatic nitrogens is 2. The number of carbonyl (C=O) groups is 1. The van der Waals surface area contributed by atoms with Gasteiger partial charge in [0.05, 0.1) is 12.1 Å². The summed E-state index contributed by atoms with van der Waals surface area (Å²) in [4.78, 5) is 16.0. The average Bonchev–Trinajstić information content (AvgIpc) is 2.94. The van der Waals surface area contributed by atoms with E-state index in [0.29, 0.717) is 19.4 Å². The Morgan fingerprint density at radius 1 is 1.38 bits per heavy atom. The Labute approximate surface area is 139 Å². The van der Waals surface area contributed by atoms with Gasteiger partial charge in [-0.3, -0.25) is 4.79 Å². The Balaban J connectivity index is 1.82. The van der Waals surface area contributed by atoms with Crippen molar-refractivity contribution in [1.29, 1.82) is 0 Å². The molecule has 2 atom stereocenters. The third-order valence-corrected chi connectivity index (χ3v) is 3.87. The van der Waals surface area contributed by atoms with Crippen molar-refractivity contribution in [2.45, 2.75) is 45.4 Å². The third-order valence-electron chi connectivity index (χ3n) is 3.87. The molecule has 1 aromatic carbocycles. The van der Waals surface area contributed by atoms with Gasteiger partial charge >= 0.3 is 0 Å². The average molecular weight is 337 g/mol. The summed E-state index contributed by atoms with van der Waals surface area (Å²) in [5, 5.41) is 12.8. The number of benzene rings is 1. The minimum Gasteiger partial charge on any atom is -0.386 e. The van der Waals surface area contributed by atoms with E-state index < -0.39 is 23.8 Å². The first-order valence-corrected chi connectivity index (χ1v) is 7.78. The fourth-order valence-corrected chi connectivity index (χ4v) is 2.44. The molecule has 0 aliphatic carbocycles. The first-order valence-electron chi connectivity index (χ1n) is 7.78. The lowest BCUT2D eigenvalue weighted by molar-refractivity contribution is -0.122. The molecule has 2 rings (SSSR count). The highest BCUT2D eigenvalue weighted by Gasteiger charge is 2.19. The maximum absolute atomic E-state index is 13.2. The van der Waals surface area contributed by atoms with Crippen LogP contribution in [0, 0.1) is 18.6 Å². The fraction of sp³-hybridized carbons (Fsp3) is 0.412. The highest BCUT2D eigenvalue weighted by Crippen LogP contribution is 2.19. The molecule has 0 spiro atoms. The maximum atomic E-state index is 13.2. The lowest BCUT2D eigenvalue weighted by Gasteiger charge is -2.21. The van der Waals surface area contributed by atoms with Gasteiger partial charge in [-0.15, -0.1) is 0 Å². The quantitative estimate of drug-likeness (QED) is 0.816. The largest absolute Gasteiger partial charge is 0.386 e. The van der Waals surface area contributed by atoms with Gasteiger partial charge in [0.2, 0.25) is 5.91 Å². The van der Waals surface area contributed by atoms with Crippen LogP contribution in [0.15, 0.2) is 30.6 Å². The molecule has 0 bridgehead atoms. The van der Waals surface area contributed by atoms with Gasteiger partial charge in [-0.2, -0.15) is 0 Å². The molecule has 2 N–H and O–H groups in total. The first kappa shape index (κ1) is 18.1. The number of carbonyl (C=O) groups excluding carboxylic acids is 1. The molecule has 0 aliphatic rings. The van der Waals surface area contributed by atoms with E-state index in [-0.39, 0.29) is 11.5 Å². The Morgan fingerprint density at radius 2 is 2.12 bits per heavy atom. The van der Waals surface area contributed by atoms with Gasteiger partial charge in [0.25, 0.3) is 0 Å². The van der Waals surface area contributed by atoms with E-state index in [2.05, 4.69) is 10.3 Å². The normalized spacial score (nSPS) is 13.5. The molecule has 0 saturated heterocycles. The SMILES string of the molecule is Cc1nccn1CCCC(=O)NC(C)C(O)c1ccc(F)c(F)c1. The lowest BCUT2D eigenvalue weighted by atomic mass is 10.0. The third kappa shape index (κ3) is 4.61. The number of hydrogen-bond donors (Lipinski definition) is 2. The van der Waals surface area contributed by atoms with Crippen LogP contribution in [0.1, 0.15) is 37.3 Å². The van der Waals surface area contributed by atoms with E-state index in [0.717, 1.165) is 18.0 Å². The first-order chi connectivity index (χ1) is 11.4. The fourth-order valence-electron chi connectivity index (χ4n) is 2.44. The van der Waals surface area contributed by atoms with Gasteiger partial charge < -0.3 is 15.0 Å². The highest BCUT2D eigenvalue weighted by molar-refractivity contribution is 5.76. The minimum atomic E-state index is -1.11. The number of nitrogens with one attached hydrogen (secondary N) is 1. The van der Waals surface area contributed by atoms with E-state index in [1.807, 2.05) is 17.7 Å². The van der Waals surface area contributed by atoms with Crippen LogP contribution in [0.25, 0.3) is 0 Å². The second-order valence-electron chi connectivity index (χ2n) is 5.75. The molecule has 0 fully saturated rings. The van der Waals surface area contributed by atoms with Crippen LogP contribution in [-0.4, -0.2) is 26.6 Å². The topological polar surface area (TPSA) is 67.2 Å². The Bertz CT molecular complexity index is 703. The number of hydrogen-bond acceptors (Lipinski definition) is 3. The lowest BCUT2D eigenvalue weighted by Crippen LogP contribution is -2.37. The molecule has 0 saturated carbocycles. The summed E-state index contributed by atoms with van der Waals surface area (Å²) >= 11 is 0. The van der Waals surface area contributed by atoms with E-state index in [4.69, 9.17) is 0 Å². The van der Waals surface area contributed by atoms with Gasteiger partial charge in [-0.05, 0) is 38.0 Å². The molecule has 2 aromatic rings. The summed E-state index contributed by atoms with van der Waals surface area (Å²) in [7, 11) is 0. The smallest absolute Gasteiger partial charge is 0.220 e. The number of nitrogens with zero attached hydrogens (tertiary/aromatic N) is 2. The standard InChI is InChI=1S/C17H21F2N3O2/c1-11(17(24)13-5-6-14(18)15(19)10-13)21-16(23)4-3-8-22-9-7-20-12(22)2/h5-7,9-11,17,24H,3-4,8H2,1-2H3,(H,21,23). The molecule has 5 nitrogen and oxygen atoms in total. The highest BCUT2D eigenvalue weighted by atomic mass is 19.2. The number of rotatable bonds is 7. The van der Waals surface area contributed by atoms with Gasteiger partial charge in [-0.1, -0.05) is 6.07 Å². The zero-order valence-electron chi connectivity index (χ0n) is 13.7. The zero-order chi connectivity index (χ0) is 17.7. The van der Waals surface area contributed by atoms with Gasteiger partial charge in [0.15, 0.2) is 11.6 Å². The minimum absolute atomic E-state index is 0.207.